The summed E-state index contributed by atoms with van der Waals surface area (Å²) >= 11 is 5.83. The molecule has 0 amide bonds. The van der Waals surface area contributed by atoms with Gasteiger partial charge in [0.1, 0.15) is 5.82 Å². The Morgan fingerprint density at radius 2 is 1.89 bits per heavy atom. The van der Waals surface area contributed by atoms with E-state index < -0.39 is 5.82 Å². The minimum absolute atomic E-state index is 0.0312. The topological polar surface area (TPSA) is 17.1 Å². The predicted molar refractivity (Wildman–Crippen MR) is 75.3 cm³/mol. The molecule has 1 nitrogen and oxygen atoms in total. The second-order valence-electron chi connectivity index (χ2n) is 4.35. The van der Waals surface area contributed by atoms with Crippen molar-refractivity contribution in [3.8, 4) is 0 Å². The normalized spacial score (nSPS) is 10.5. The van der Waals surface area contributed by atoms with Crippen LogP contribution in [0.4, 0.5) is 4.39 Å². The van der Waals surface area contributed by atoms with E-state index in [2.05, 4.69) is 0 Å². The third-order valence-corrected chi connectivity index (χ3v) is 3.29. The van der Waals surface area contributed by atoms with Gasteiger partial charge in [-0.15, -0.1) is 0 Å². The SMILES string of the molecule is CCc1ccccc1C(=O)Cc1cc(Cl)ccc1F. The fourth-order valence-corrected chi connectivity index (χ4v) is 2.24. The molecule has 0 atom stereocenters. The quantitative estimate of drug-likeness (QED) is 0.753. The van der Waals surface area contributed by atoms with Gasteiger partial charge < -0.3 is 0 Å². The molecule has 0 saturated heterocycles. The van der Waals surface area contributed by atoms with Gasteiger partial charge in [-0.3, -0.25) is 4.79 Å². The van der Waals surface area contributed by atoms with E-state index in [0.717, 1.165) is 12.0 Å². The van der Waals surface area contributed by atoms with Gasteiger partial charge in [0.2, 0.25) is 0 Å². The van der Waals surface area contributed by atoms with Crippen LogP contribution in [-0.2, 0) is 12.8 Å². The smallest absolute Gasteiger partial charge is 0.167 e. The Labute approximate surface area is 117 Å². The van der Waals surface area contributed by atoms with Gasteiger partial charge in [0, 0.05) is 17.0 Å². The molecule has 0 bridgehead atoms. The van der Waals surface area contributed by atoms with E-state index in [-0.39, 0.29) is 12.2 Å². The summed E-state index contributed by atoms with van der Waals surface area (Å²) in [5.74, 6) is -0.481. The van der Waals surface area contributed by atoms with Crippen LogP contribution in [-0.4, -0.2) is 5.78 Å². The zero-order chi connectivity index (χ0) is 13.8. The third-order valence-electron chi connectivity index (χ3n) is 3.06. The molecule has 0 aliphatic heterocycles. The van der Waals surface area contributed by atoms with Crippen molar-refractivity contribution in [1.82, 2.24) is 0 Å². The van der Waals surface area contributed by atoms with Crippen LogP contribution < -0.4 is 0 Å². The standard InChI is InChI=1S/C16H14ClFO/c1-2-11-5-3-4-6-14(11)16(19)10-12-9-13(17)7-8-15(12)18/h3-9H,2,10H2,1H3. The van der Waals surface area contributed by atoms with Gasteiger partial charge >= 0.3 is 0 Å². The molecule has 2 rings (SSSR count). The average Bonchev–Trinajstić information content (AvgIpc) is 2.42. The molecular formula is C16H14ClFO. The van der Waals surface area contributed by atoms with Gasteiger partial charge in [-0.25, -0.2) is 4.39 Å². The molecule has 0 spiro atoms. The molecule has 2 aromatic rings. The van der Waals surface area contributed by atoms with E-state index >= 15 is 0 Å². The molecule has 19 heavy (non-hydrogen) atoms. The first-order valence-corrected chi connectivity index (χ1v) is 6.54. The van der Waals surface area contributed by atoms with Gasteiger partial charge in [-0.2, -0.15) is 0 Å². The maximum Gasteiger partial charge on any atom is 0.167 e. The van der Waals surface area contributed by atoms with Crippen molar-refractivity contribution >= 4 is 17.4 Å². The highest BCUT2D eigenvalue weighted by molar-refractivity contribution is 6.30. The third kappa shape index (κ3) is 3.21. The van der Waals surface area contributed by atoms with Crippen LogP contribution in [0.5, 0.6) is 0 Å². The van der Waals surface area contributed by atoms with Crippen molar-refractivity contribution in [3.63, 3.8) is 0 Å². The Balaban J connectivity index is 2.28. The minimum Gasteiger partial charge on any atom is -0.294 e. The van der Waals surface area contributed by atoms with Gasteiger partial charge in [0.25, 0.3) is 0 Å². The number of carbonyl (C=O) groups is 1. The second-order valence-corrected chi connectivity index (χ2v) is 4.78. The van der Waals surface area contributed by atoms with Crippen LogP contribution in [0.2, 0.25) is 5.02 Å². The molecule has 0 aliphatic carbocycles. The largest absolute Gasteiger partial charge is 0.294 e. The summed E-state index contributed by atoms with van der Waals surface area (Å²) in [6.07, 6.45) is 0.809. The lowest BCUT2D eigenvalue weighted by Gasteiger charge is -2.07. The molecule has 0 aromatic heterocycles. The van der Waals surface area contributed by atoms with Crippen molar-refractivity contribution in [2.24, 2.45) is 0 Å². The number of Topliss-reactive ketones (excluding diaryl/α,β-unsaturated/α-hetero) is 1. The number of carbonyl (C=O) groups excluding carboxylic acids is 1. The van der Waals surface area contributed by atoms with Gasteiger partial charge in [0.15, 0.2) is 5.78 Å². The summed E-state index contributed by atoms with van der Waals surface area (Å²) < 4.78 is 13.6. The summed E-state index contributed by atoms with van der Waals surface area (Å²) in [7, 11) is 0. The summed E-state index contributed by atoms with van der Waals surface area (Å²) in [6.45, 7) is 1.99. The number of ketones is 1. The van der Waals surface area contributed by atoms with E-state index in [1.54, 1.807) is 6.07 Å². The highest BCUT2D eigenvalue weighted by atomic mass is 35.5. The maximum atomic E-state index is 13.6. The van der Waals surface area contributed by atoms with Crippen LogP contribution in [0.1, 0.15) is 28.4 Å². The van der Waals surface area contributed by atoms with Crippen molar-refractivity contribution in [2.75, 3.05) is 0 Å². The molecule has 0 aliphatic rings. The molecular weight excluding hydrogens is 263 g/mol. The Morgan fingerprint density at radius 3 is 2.63 bits per heavy atom. The molecule has 0 fully saturated rings. The minimum atomic E-state index is -0.397. The van der Waals surface area contributed by atoms with E-state index in [1.807, 2.05) is 25.1 Å². The Hall–Kier alpha value is -1.67. The van der Waals surface area contributed by atoms with Gasteiger partial charge in [-0.1, -0.05) is 42.8 Å². The van der Waals surface area contributed by atoms with Crippen LogP contribution in [0, 0.1) is 5.82 Å². The van der Waals surface area contributed by atoms with Crippen molar-refractivity contribution < 1.29 is 9.18 Å². The van der Waals surface area contributed by atoms with Crippen LogP contribution in [0.15, 0.2) is 42.5 Å². The predicted octanol–water partition coefficient (Wildman–Crippen LogP) is 4.47. The Morgan fingerprint density at radius 1 is 1.16 bits per heavy atom. The Bertz CT molecular complexity index is 607. The van der Waals surface area contributed by atoms with Gasteiger partial charge in [-0.05, 0) is 35.7 Å². The van der Waals surface area contributed by atoms with E-state index in [4.69, 9.17) is 11.6 Å². The summed E-state index contributed by atoms with van der Waals surface area (Å²) in [6, 6.07) is 11.7. The number of hydrogen-bond donors (Lipinski definition) is 0. The maximum absolute atomic E-state index is 13.6. The number of benzene rings is 2. The number of rotatable bonds is 4. The summed E-state index contributed by atoms with van der Waals surface area (Å²) in [4.78, 5) is 12.2. The fraction of sp³-hybridized carbons (Fsp3) is 0.188. The molecule has 98 valence electrons. The summed E-state index contributed by atoms with van der Waals surface area (Å²) in [5, 5.41) is 0.438. The summed E-state index contributed by atoms with van der Waals surface area (Å²) in [5.41, 5.74) is 1.97. The fourth-order valence-electron chi connectivity index (χ4n) is 2.05. The van der Waals surface area contributed by atoms with Crippen molar-refractivity contribution in [2.45, 2.75) is 19.8 Å². The van der Waals surface area contributed by atoms with Gasteiger partial charge in [0.05, 0.1) is 0 Å². The number of hydrogen-bond acceptors (Lipinski definition) is 1. The lowest BCUT2D eigenvalue weighted by atomic mass is 9.97. The van der Waals surface area contributed by atoms with Crippen LogP contribution in [0.25, 0.3) is 0 Å². The zero-order valence-electron chi connectivity index (χ0n) is 10.6. The first-order valence-electron chi connectivity index (χ1n) is 6.17. The monoisotopic (exact) mass is 276 g/mol. The van der Waals surface area contributed by atoms with Crippen molar-refractivity contribution in [3.05, 3.63) is 70.0 Å². The molecule has 0 unspecified atom stereocenters. The average molecular weight is 277 g/mol. The molecule has 3 heteroatoms. The Kier molecular flexibility index (Phi) is 4.33. The van der Waals surface area contributed by atoms with Crippen LogP contribution >= 0.6 is 11.6 Å². The van der Waals surface area contributed by atoms with E-state index in [0.29, 0.717) is 16.1 Å². The van der Waals surface area contributed by atoms with E-state index in [9.17, 15) is 9.18 Å². The number of aryl methyl sites for hydroxylation is 1. The first kappa shape index (κ1) is 13.8. The lowest BCUT2D eigenvalue weighted by Crippen LogP contribution is -2.08. The highest BCUT2D eigenvalue weighted by Crippen LogP contribution is 2.18. The lowest BCUT2D eigenvalue weighted by molar-refractivity contribution is 0.0991. The highest BCUT2D eigenvalue weighted by Gasteiger charge is 2.13. The van der Waals surface area contributed by atoms with E-state index in [1.165, 1.54) is 18.2 Å². The second kappa shape index (κ2) is 5.98. The molecule has 0 heterocycles. The zero-order valence-corrected chi connectivity index (χ0v) is 11.4. The van der Waals surface area contributed by atoms with Crippen LogP contribution in [0.3, 0.4) is 0 Å². The molecule has 2 aromatic carbocycles. The van der Waals surface area contributed by atoms with Crippen molar-refractivity contribution in [1.29, 1.82) is 0 Å². The number of halogens is 2. The molecule has 0 N–H and O–H groups in total. The molecule has 0 saturated carbocycles. The molecule has 0 radical (unpaired) electrons. The first-order chi connectivity index (χ1) is 9.11.